The molecule has 9 heteroatoms. The van der Waals surface area contributed by atoms with Crippen LogP contribution in [0.5, 0.6) is 0 Å². The molecule has 0 spiro atoms. The fourth-order valence-electron chi connectivity index (χ4n) is 5.30. The Kier molecular flexibility index (Phi) is 8.70. The number of para-hydroxylation sites is 1. The first-order valence-corrected chi connectivity index (χ1v) is 15.0. The number of halogens is 3. The van der Waals surface area contributed by atoms with Gasteiger partial charge >= 0.3 is 6.18 Å². The molecule has 2 heterocycles. The molecule has 2 aromatic heterocycles. The summed E-state index contributed by atoms with van der Waals surface area (Å²) in [6, 6.07) is 36.6. The molecule has 0 aliphatic heterocycles. The second-order valence-electron chi connectivity index (χ2n) is 11.5. The number of aromatic nitrogens is 3. The minimum absolute atomic E-state index is 0.0668. The number of ether oxygens (including phenoxy) is 1. The number of benzene rings is 4. The Morgan fingerprint density at radius 2 is 1.45 bits per heavy atom. The van der Waals surface area contributed by atoms with Crippen LogP contribution in [-0.2, 0) is 29.5 Å². The molecule has 0 saturated carbocycles. The summed E-state index contributed by atoms with van der Waals surface area (Å²) in [5.74, 6) is 0.885. The van der Waals surface area contributed by atoms with Gasteiger partial charge in [0.2, 0.25) is 0 Å². The summed E-state index contributed by atoms with van der Waals surface area (Å²) >= 11 is 0. The Balaban J connectivity index is 1.51. The third kappa shape index (κ3) is 6.83. The van der Waals surface area contributed by atoms with Gasteiger partial charge < -0.3 is 4.74 Å². The topological polar surface area (TPSA) is 74.9 Å². The first-order valence-electron chi connectivity index (χ1n) is 15.0. The summed E-state index contributed by atoms with van der Waals surface area (Å²) < 4.78 is 47.9. The third-order valence-corrected chi connectivity index (χ3v) is 7.81. The van der Waals surface area contributed by atoms with Gasteiger partial charge in [0.05, 0.1) is 34.9 Å². The van der Waals surface area contributed by atoms with Crippen LogP contribution in [0.2, 0.25) is 0 Å². The molecule has 0 bridgehead atoms. The molecule has 0 atom stereocenters. The van der Waals surface area contributed by atoms with E-state index in [4.69, 9.17) is 14.7 Å². The van der Waals surface area contributed by atoms with Crippen LogP contribution in [0.25, 0.3) is 22.2 Å². The van der Waals surface area contributed by atoms with Crippen LogP contribution in [0.3, 0.4) is 0 Å². The quantitative estimate of drug-likeness (QED) is 0.159. The van der Waals surface area contributed by atoms with Crippen molar-refractivity contribution in [2.24, 2.45) is 0 Å². The van der Waals surface area contributed by atoms with Gasteiger partial charge in [-0.05, 0) is 73.5 Å². The predicted octanol–water partition coefficient (Wildman–Crippen LogP) is 9.70. The Hall–Kier alpha value is -5.59. The number of nitrogens with zero attached hydrogens (tertiary/aromatic N) is 5. The molecule has 0 amide bonds. The molecule has 6 nitrogen and oxygen atoms in total. The summed E-state index contributed by atoms with van der Waals surface area (Å²) in [6.07, 6.45) is -3.24. The van der Waals surface area contributed by atoms with Crippen molar-refractivity contribution in [1.29, 1.82) is 5.26 Å². The molecule has 0 N–H and O–H groups in total. The van der Waals surface area contributed by atoms with E-state index < -0.39 is 17.2 Å². The zero-order chi connectivity index (χ0) is 33.0. The van der Waals surface area contributed by atoms with Crippen molar-refractivity contribution in [3.8, 4) is 17.3 Å². The van der Waals surface area contributed by atoms with Gasteiger partial charge in [-0.2, -0.15) is 18.4 Å². The SMILES string of the molecule is CC(C)(C#N)c1ccc(N(c2ccccc2)c2nc(COCc3ccccc3)nc3cc(-c4ncccc4C(F)(F)F)ccc23)cc1. The molecule has 0 aliphatic rings. The zero-order valence-electron chi connectivity index (χ0n) is 25.7. The van der Waals surface area contributed by atoms with Crippen molar-refractivity contribution in [1.82, 2.24) is 15.0 Å². The Morgan fingerprint density at radius 1 is 0.766 bits per heavy atom. The molecule has 4 aromatic carbocycles. The number of hydrogen-bond acceptors (Lipinski definition) is 6. The summed E-state index contributed by atoms with van der Waals surface area (Å²) in [5.41, 5.74) is 2.45. The maximum absolute atomic E-state index is 14.0. The highest BCUT2D eigenvalue weighted by Gasteiger charge is 2.34. The maximum atomic E-state index is 14.0. The summed E-state index contributed by atoms with van der Waals surface area (Å²) in [4.78, 5) is 15.8. The van der Waals surface area contributed by atoms with Crippen LogP contribution in [0, 0.1) is 11.3 Å². The molecule has 0 aliphatic carbocycles. The first kappa shape index (κ1) is 31.4. The first-order chi connectivity index (χ1) is 22.6. The van der Waals surface area contributed by atoms with Crippen molar-refractivity contribution >= 4 is 28.1 Å². The van der Waals surface area contributed by atoms with E-state index in [1.807, 2.05) is 104 Å². The van der Waals surface area contributed by atoms with E-state index in [1.165, 1.54) is 12.3 Å². The largest absolute Gasteiger partial charge is 0.418 e. The molecular weight excluding hydrogens is 599 g/mol. The average molecular weight is 630 g/mol. The van der Waals surface area contributed by atoms with Gasteiger partial charge in [0, 0.05) is 28.5 Å². The summed E-state index contributed by atoms with van der Waals surface area (Å²) in [6.45, 7) is 4.12. The van der Waals surface area contributed by atoms with E-state index in [9.17, 15) is 18.4 Å². The zero-order valence-corrected chi connectivity index (χ0v) is 25.7. The average Bonchev–Trinajstić information content (AvgIpc) is 3.09. The monoisotopic (exact) mass is 629 g/mol. The van der Waals surface area contributed by atoms with Crippen molar-refractivity contribution in [2.45, 2.75) is 38.7 Å². The van der Waals surface area contributed by atoms with Crippen molar-refractivity contribution < 1.29 is 17.9 Å². The van der Waals surface area contributed by atoms with Gasteiger partial charge in [-0.15, -0.1) is 0 Å². The summed E-state index contributed by atoms with van der Waals surface area (Å²) in [5, 5.41) is 10.3. The van der Waals surface area contributed by atoms with E-state index >= 15 is 0 Å². The van der Waals surface area contributed by atoms with Gasteiger partial charge in [-0.3, -0.25) is 9.88 Å². The molecular formula is C38H30F3N5O. The lowest BCUT2D eigenvalue weighted by atomic mass is 9.86. The van der Waals surface area contributed by atoms with Gasteiger partial charge in [0.25, 0.3) is 0 Å². The summed E-state index contributed by atoms with van der Waals surface area (Å²) in [7, 11) is 0. The number of anilines is 3. The lowest BCUT2D eigenvalue weighted by molar-refractivity contribution is -0.137. The fourth-order valence-corrected chi connectivity index (χ4v) is 5.30. The van der Waals surface area contributed by atoms with Crippen LogP contribution in [0.1, 0.15) is 36.4 Å². The van der Waals surface area contributed by atoms with E-state index in [-0.39, 0.29) is 17.9 Å². The molecule has 0 unspecified atom stereocenters. The van der Waals surface area contributed by atoms with Crippen LogP contribution < -0.4 is 4.90 Å². The lowest BCUT2D eigenvalue weighted by Crippen LogP contribution is -2.16. The minimum Gasteiger partial charge on any atom is -0.369 e. The van der Waals surface area contributed by atoms with Crippen LogP contribution >= 0.6 is 0 Å². The molecule has 6 rings (SSSR count). The smallest absolute Gasteiger partial charge is 0.369 e. The molecule has 234 valence electrons. The van der Waals surface area contributed by atoms with Gasteiger partial charge in [0.1, 0.15) is 12.4 Å². The number of hydrogen-bond donors (Lipinski definition) is 0. The predicted molar refractivity (Wildman–Crippen MR) is 176 cm³/mol. The highest BCUT2D eigenvalue weighted by Crippen LogP contribution is 2.40. The van der Waals surface area contributed by atoms with E-state index in [0.717, 1.165) is 28.6 Å². The molecule has 47 heavy (non-hydrogen) atoms. The highest BCUT2D eigenvalue weighted by atomic mass is 19.4. The Morgan fingerprint density at radius 3 is 2.13 bits per heavy atom. The normalized spacial score (nSPS) is 11.7. The molecule has 0 saturated heterocycles. The molecule has 0 radical (unpaired) electrons. The van der Waals surface area contributed by atoms with Crippen LogP contribution in [0.15, 0.2) is 121 Å². The number of nitriles is 1. The maximum Gasteiger partial charge on any atom is 0.418 e. The minimum atomic E-state index is -4.58. The second kappa shape index (κ2) is 13.0. The van der Waals surface area contributed by atoms with E-state index in [0.29, 0.717) is 29.2 Å². The molecule has 0 fully saturated rings. The van der Waals surface area contributed by atoms with Crippen molar-refractivity contribution in [3.63, 3.8) is 0 Å². The van der Waals surface area contributed by atoms with E-state index in [2.05, 4.69) is 11.1 Å². The van der Waals surface area contributed by atoms with Crippen molar-refractivity contribution in [2.75, 3.05) is 4.90 Å². The van der Waals surface area contributed by atoms with E-state index in [1.54, 1.807) is 18.2 Å². The Labute approximate surface area is 270 Å². The molecule has 6 aromatic rings. The van der Waals surface area contributed by atoms with Crippen LogP contribution in [-0.4, -0.2) is 15.0 Å². The third-order valence-electron chi connectivity index (χ3n) is 7.81. The number of alkyl halides is 3. The number of pyridine rings is 1. The van der Waals surface area contributed by atoms with Gasteiger partial charge in [-0.1, -0.05) is 66.7 Å². The highest BCUT2D eigenvalue weighted by molar-refractivity contribution is 5.96. The van der Waals surface area contributed by atoms with Gasteiger partial charge in [-0.25, -0.2) is 9.97 Å². The lowest BCUT2D eigenvalue weighted by Gasteiger charge is -2.27. The fraction of sp³-hybridized carbons (Fsp3) is 0.158. The Bertz CT molecular complexity index is 2040. The van der Waals surface area contributed by atoms with Crippen LogP contribution in [0.4, 0.5) is 30.4 Å². The van der Waals surface area contributed by atoms with Crippen molar-refractivity contribution in [3.05, 3.63) is 144 Å². The standard InChI is InChI=1S/C38H30F3N5O/c1-37(2,25-42)28-16-18-30(19-17-28)46(29-12-7-4-8-13-29)36-31-20-15-27(35-32(38(39,40)41)14-9-21-43-35)22-33(31)44-34(45-36)24-47-23-26-10-5-3-6-11-26/h3-22H,23-24H2,1-2H3. The van der Waals surface area contributed by atoms with Gasteiger partial charge in [0.15, 0.2) is 5.82 Å². The second-order valence-corrected chi connectivity index (χ2v) is 11.5. The number of fused-ring (bicyclic) bond motifs is 1. The number of rotatable bonds is 9.